The Kier molecular flexibility index (Phi) is 4.98. The summed E-state index contributed by atoms with van der Waals surface area (Å²) < 4.78 is 27.3. The largest absolute Gasteiger partial charge is 0.352 e. The first-order chi connectivity index (χ1) is 13.1. The summed E-state index contributed by atoms with van der Waals surface area (Å²) in [7, 11) is 1.99. The quantitative estimate of drug-likeness (QED) is 0.823. The molecule has 0 aliphatic carbocycles. The number of piperazine rings is 1. The van der Waals surface area contributed by atoms with Crippen molar-refractivity contribution in [2.75, 3.05) is 51.2 Å². The lowest BCUT2D eigenvalue weighted by Gasteiger charge is -2.36. The summed E-state index contributed by atoms with van der Waals surface area (Å²) in [5.74, 6) is -0.0996. The second-order valence-electron chi connectivity index (χ2n) is 7.04. The molecule has 0 amide bonds. The van der Waals surface area contributed by atoms with Crippen molar-refractivity contribution in [1.82, 2.24) is 19.9 Å². The molecule has 1 atom stereocenters. The van der Waals surface area contributed by atoms with Crippen LogP contribution in [-0.2, 0) is 0 Å². The van der Waals surface area contributed by atoms with E-state index in [1.54, 1.807) is 12.4 Å². The average Bonchev–Trinajstić information content (AvgIpc) is 3.06. The molecule has 1 aromatic heterocycles. The highest BCUT2D eigenvalue weighted by Gasteiger charge is 2.24. The smallest absolute Gasteiger partial charge is 0.155 e. The molecule has 1 unspecified atom stereocenters. The molecule has 3 heterocycles. The minimum absolute atomic E-state index is 0.406. The number of hydrazone groups is 1. The molecule has 0 radical (unpaired) electrons. The monoisotopic (exact) mass is 372 g/mol. The third kappa shape index (κ3) is 4.05. The van der Waals surface area contributed by atoms with Crippen LogP contribution in [0.1, 0.15) is 0 Å². The van der Waals surface area contributed by atoms with E-state index in [0.717, 1.165) is 45.3 Å². The number of anilines is 1. The molecular formula is C19H22F2N6. The molecule has 1 saturated heterocycles. The van der Waals surface area contributed by atoms with Gasteiger partial charge in [-0.15, -0.1) is 0 Å². The van der Waals surface area contributed by atoms with Crippen LogP contribution in [0.5, 0.6) is 0 Å². The van der Waals surface area contributed by atoms with Gasteiger partial charge in [0.1, 0.15) is 17.3 Å². The SMILES string of the molecule is CN1CC(CN2CCN(c3nccnc3-c3cc(F)cc(F)c3)CC2)C=N1. The molecule has 0 spiro atoms. The highest BCUT2D eigenvalue weighted by atomic mass is 19.1. The van der Waals surface area contributed by atoms with Crippen LogP contribution < -0.4 is 4.90 Å². The maximum atomic E-state index is 13.6. The molecule has 0 bridgehead atoms. The molecule has 2 aliphatic heterocycles. The van der Waals surface area contributed by atoms with Gasteiger partial charge in [0.2, 0.25) is 0 Å². The predicted octanol–water partition coefficient (Wildman–Crippen LogP) is 2.09. The highest BCUT2D eigenvalue weighted by molar-refractivity contribution is 5.72. The number of halogens is 2. The van der Waals surface area contributed by atoms with Crippen molar-refractivity contribution in [3.8, 4) is 11.3 Å². The first-order valence-corrected chi connectivity index (χ1v) is 9.08. The molecule has 4 rings (SSSR count). The summed E-state index contributed by atoms with van der Waals surface area (Å²) in [6.07, 6.45) is 5.19. The molecule has 2 aliphatic rings. The summed E-state index contributed by atoms with van der Waals surface area (Å²) >= 11 is 0. The Bertz CT molecular complexity index is 814. The normalized spacial score (nSPS) is 20.5. The molecule has 27 heavy (non-hydrogen) atoms. The van der Waals surface area contributed by atoms with Crippen LogP contribution in [0.25, 0.3) is 11.3 Å². The summed E-state index contributed by atoms with van der Waals surface area (Å²) in [6, 6.07) is 3.45. The maximum absolute atomic E-state index is 13.6. The van der Waals surface area contributed by atoms with Gasteiger partial charge < -0.3 is 4.90 Å². The van der Waals surface area contributed by atoms with Crippen molar-refractivity contribution in [2.24, 2.45) is 11.0 Å². The Balaban J connectivity index is 1.46. The van der Waals surface area contributed by atoms with Crippen molar-refractivity contribution < 1.29 is 8.78 Å². The van der Waals surface area contributed by atoms with Gasteiger partial charge in [-0.1, -0.05) is 0 Å². The number of hydrogen-bond acceptors (Lipinski definition) is 6. The van der Waals surface area contributed by atoms with Crippen molar-refractivity contribution in [3.05, 3.63) is 42.2 Å². The fourth-order valence-electron chi connectivity index (χ4n) is 3.68. The van der Waals surface area contributed by atoms with Gasteiger partial charge in [-0.3, -0.25) is 14.9 Å². The molecule has 0 N–H and O–H groups in total. The fourth-order valence-corrected chi connectivity index (χ4v) is 3.68. The molecule has 6 nitrogen and oxygen atoms in total. The van der Waals surface area contributed by atoms with Gasteiger partial charge in [0.05, 0.1) is 0 Å². The van der Waals surface area contributed by atoms with E-state index in [-0.39, 0.29) is 0 Å². The van der Waals surface area contributed by atoms with Crippen molar-refractivity contribution in [1.29, 1.82) is 0 Å². The summed E-state index contributed by atoms with van der Waals surface area (Å²) in [4.78, 5) is 13.3. The second-order valence-corrected chi connectivity index (χ2v) is 7.04. The minimum atomic E-state index is -0.616. The summed E-state index contributed by atoms with van der Waals surface area (Å²) in [5, 5.41) is 6.26. The zero-order chi connectivity index (χ0) is 18.8. The Morgan fingerprint density at radius 1 is 1.00 bits per heavy atom. The van der Waals surface area contributed by atoms with Crippen LogP contribution in [0.15, 0.2) is 35.7 Å². The number of benzene rings is 1. The first-order valence-electron chi connectivity index (χ1n) is 9.08. The minimum Gasteiger partial charge on any atom is -0.352 e. The van der Waals surface area contributed by atoms with Crippen LogP contribution in [0.3, 0.4) is 0 Å². The van der Waals surface area contributed by atoms with E-state index in [1.807, 2.05) is 18.3 Å². The summed E-state index contributed by atoms with van der Waals surface area (Å²) in [6.45, 7) is 5.35. The third-order valence-electron chi connectivity index (χ3n) is 4.95. The van der Waals surface area contributed by atoms with Crippen LogP contribution in [-0.4, -0.2) is 72.4 Å². The maximum Gasteiger partial charge on any atom is 0.155 e. The molecule has 2 aromatic rings. The Morgan fingerprint density at radius 2 is 1.70 bits per heavy atom. The third-order valence-corrected chi connectivity index (χ3v) is 4.95. The molecule has 142 valence electrons. The number of nitrogens with zero attached hydrogens (tertiary/aromatic N) is 6. The number of rotatable bonds is 4. The average molecular weight is 372 g/mol. The van der Waals surface area contributed by atoms with Crippen LogP contribution in [0.4, 0.5) is 14.6 Å². The molecule has 1 aromatic carbocycles. The number of aromatic nitrogens is 2. The van der Waals surface area contributed by atoms with Gasteiger partial charge in [0.25, 0.3) is 0 Å². The van der Waals surface area contributed by atoms with E-state index in [9.17, 15) is 8.78 Å². The van der Waals surface area contributed by atoms with E-state index in [1.165, 1.54) is 12.1 Å². The fraction of sp³-hybridized carbons (Fsp3) is 0.421. The Hall–Kier alpha value is -2.61. The van der Waals surface area contributed by atoms with E-state index in [4.69, 9.17) is 0 Å². The zero-order valence-corrected chi connectivity index (χ0v) is 15.2. The summed E-state index contributed by atoms with van der Waals surface area (Å²) in [5.41, 5.74) is 0.914. The predicted molar refractivity (Wildman–Crippen MR) is 101 cm³/mol. The second kappa shape index (κ2) is 7.56. The Labute approximate surface area is 157 Å². The molecule has 1 fully saturated rings. The van der Waals surface area contributed by atoms with Crippen LogP contribution in [0.2, 0.25) is 0 Å². The van der Waals surface area contributed by atoms with Gasteiger partial charge >= 0.3 is 0 Å². The Morgan fingerprint density at radius 3 is 2.37 bits per heavy atom. The van der Waals surface area contributed by atoms with Gasteiger partial charge in [0, 0.05) is 82.5 Å². The topological polar surface area (TPSA) is 47.9 Å². The van der Waals surface area contributed by atoms with Gasteiger partial charge in [0.15, 0.2) is 5.82 Å². The van der Waals surface area contributed by atoms with Gasteiger partial charge in [-0.25, -0.2) is 13.8 Å². The molecular weight excluding hydrogens is 350 g/mol. The zero-order valence-electron chi connectivity index (χ0n) is 15.2. The van der Waals surface area contributed by atoms with Crippen LogP contribution >= 0.6 is 0 Å². The lowest BCUT2D eigenvalue weighted by Crippen LogP contribution is -2.48. The van der Waals surface area contributed by atoms with E-state index >= 15 is 0 Å². The standard InChI is InChI=1S/C19H22F2N6/c1-25-12-14(11-24-25)13-26-4-6-27(7-5-26)19-18(22-2-3-23-19)15-8-16(20)10-17(21)9-15/h2-3,8-11,14H,4-7,12-13H2,1H3. The van der Waals surface area contributed by atoms with Crippen LogP contribution in [0, 0.1) is 17.6 Å². The van der Waals surface area contributed by atoms with Crippen molar-refractivity contribution in [3.63, 3.8) is 0 Å². The van der Waals surface area contributed by atoms with E-state index in [2.05, 4.69) is 24.9 Å². The van der Waals surface area contributed by atoms with E-state index in [0.29, 0.717) is 23.0 Å². The van der Waals surface area contributed by atoms with Gasteiger partial charge in [-0.2, -0.15) is 5.10 Å². The molecule has 8 heteroatoms. The highest BCUT2D eigenvalue weighted by Crippen LogP contribution is 2.28. The first kappa shape index (κ1) is 17.8. The molecule has 0 saturated carbocycles. The van der Waals surface area contributed by atoms with Crippen molar-refractivity contribution in [2.45, 2.75) is 0 Å². The lowest BCUT2D eigenvalue weighted by atomic mass is 10.1. The number of hydrogen-bond donors (Lipinski definition) is 0. The van der Waals surface area contributed by atoms with Gasteiger partial charge in [-0.05, 0) is 12.1 Å². The lowest BCUT2D eigenvalue weighted by molar-refractivity contribution is 0.227. The van der Waals surface area contributed by atoms with Crippen molar-refractivity contribution >= 4 is 12.0 Å². The van der Waals surface area contributed by atoms with E-state index < -0.39 is 11.6 Å².